The number of carboxylic acids is 2. The number of rotatable bonds is 2. The van der Waals surface area contributed by atoms with E-state index >= 15 is 0 Å². The Morgan fingerprint density at radius 3 is 2.29 bits per heavy atom. The van der Waals surface area contributed by atoms with Crippen LogP contribution in [0.2, 0.25) is 0 Å². The lowest BCUT2D eigenvalue weighted by atomic mass is 10.2. The van der Waals surface area contributed by atoms with Gasteiger partial charge in [0.1, 0.15) is 7.05 Å². The highest BCUT2D eigenvalue weighted by Crippen LogP contribution is 1.99. The molecule has 0 aliphatic heterocycles. The first-order valence-electron chi connectivity index (χ1n) is 3.48. The normalized spacial score (nSPS) is 8.93. The van der Waals surface area contributed by atoms with Crippen LogP contribution in [-0.4, -0.2) is 22.2 Å². The number of carbonyl (C=O) groups is 2. The third kappa shape index (κ3) is 2.43. The molecule has 1 heterocycles. The molecule has 1 rings (SSSR count). The summed E-state index contributed by atoms with van der Waals surface area (Å²) in [5.74, 6) is -2.28. The Morgan fingerprint density at radius 1 is 1.29 bits per heavy atom. The van der Waals surface area contributed by atoms with Gasteiger partial charge in [0.15, 0.2) is 6.20 Å². The van der Waals surface area contributed by atoms with Gasteiger partial charge in [0.25, 0.3) is 5.69 Å². The maximum Gasteiger partial charge on any atom is 0.401 e. The van der Waals surface area contributed by atoms with Crippen LogP contribution in [0.1, 0.15) is 20.8 Å². The number of hydrogen-bond donors (Lipinski definition) is 2. The number of pyridine rings is 1. The average molecular weight is 218 g/mol. The number of hydrogen-bond acceptors (Lipinski definition) is 2. The molecule has 1 aromatic rings. The van der Waals surface area contributed by atoms with E-state index in [1.807, 2.05) is 0 Å². The minimum absolute atomic E-state index is 0. The maximum atomic E-state index is 10.6. The second-order valence-electron chi connectivity index (χ2n) is 2.52. The van der Waals surface area contributed by atoms with Crippen molar-refractivity contribution < 1.29 is 36.8 Å². The Labute approximate surface area is 86.0 Å². The van der Waals surface area contributed by atoms with Crippen molar-refractivity contribution in [3.05, 3.63) is 29.6 Å². The highest BCUT2D eigenvalue weighted by atomic mass is 35.5. The lowest BCUT2D eigenvalue weighted by Crippen LogP contribution is -3.00. The summed E-state index contributed by atoms with van der Waals surface area (Å²) in [7, 11) is 1.54. The third-order valence-electron chi connectivity index (χ3n) is 1.62. The van der Waals surface area contributed by atoms with E-state index in [1.54, 1.807) is 0 Å². The second kappa shape index (κ2) is 4.57. The van der Waals surface area contributed by atoms with E-state index in [4.69, 9.17) is 10.2 Å². The molecular formula is C8H8ClNO4. The summed E-state index contributed by atoms with van der Waals surface area (Å²) in [5.41, 5.74) is -0.0876. The van der Waals surface area contributed by atoms with E-state index < -0.39 is 11.9 Å². The van der Waals surface area contributed by atoms with Crippen molar-refractivity contribution in [2.24, 2.45) is 7.05 Å². The molecule has 0 unspecified atom stereocenters. The molecule has 0 aromatic carbocycles. The summed E-state index contributed by atoms with van der Waals surface area (Å²) in [6.07, 6.45) is 1.40. The zero-order valence-electron chi connectivity index (χ0n) is 7.27. The molecule has 2 N–H and O–H groups in total. The number of aryl methyl sites for hydroxylation is 1. The molecule has 14 heavy (non-hydrogen) atoms. The molecule has 0 aliphatic rings. The highest BCUT2D eigenvalue weighted by Gasteiger charge is 2.17. The summed E-state index contributed by atoms with van der Waals surface area (Å²) < 4.78 is 1.34. The van der Waals surface area contributed by atoms with Crippen LogP contribution in [0.4, 0.5) is 0 Å². The van der Waals surface area contributed by atoms with E-state index in [0.717, 1.165) is 6.07 Å². The molecule has 1 aromatic heterocycles. The molecule has 76 valence electrons. The molecule has 0 atom stereocenters. The number of aromatic nitrogens is 1. The molecule has 0 amide bonds. The number of carboxylic acid groups (broad SMARTS) is 2. The average Bonchev–Trinajstić information content (AvgIpc) is 2.04. The Balaban J connectivity index is 0.00000169. The molecule has 0 spiro atoms. The topological polar surface area (TPSA) is 78.5 Å². The van der Waals surface area contributed by atoms with Gasteiger partial charge in [-0.3, -0.25) is 0 Å². The fraction of sp³-hybridized carbons (Fsp3) is 0.125. The van der Waals surface area contributed by atoms with Crippen molar-refractivity contribution >= 4 is 11.9 Å². The van der Waals surface area contributed by atoms with Gasteiger partial charge in [-0.15, -0.1) is 0 Å². The fourth-order valence-corrected chi connectivity index (χ4v) is 0.915. The van der Waals surface area contributed by atoms with Crippen LogP contribution in [0, 0.1) is 0 Å². The smallest absolute Gasteiger partial charge is 0.401 e. The summed E-state index contributed by atoms with van der Waals surface area (Å²) in [6.45, 7) is 0. The van der Waals surface area contributed by atoms with Gasteiger partial charge in [-0.05, 0) is 0 Å². The summed E-state index contributed by atoms with van der Waals surface area (Å²) in [5, 5.41) is 17.2. The Bertz CT molecular complexity index is 378. The second-order valence-corrected chi connectivity index (χ2v) is 2.52. The summed E-state index contributed by atoms with van der Waals surface area (Å²) in [4.78, 5) is 21.1. The van der Waals surface area contributed by atoms with Gasteiger partial charge >= 0.3 is 11.9 Å². The lowest BCUT2D eigenvalue weighted by molar-refractivity contribution is -0.674. The predicted octanol–water partition coefficient (Wildman–Crippen LogP) is -3.09. The Morgan fingerprint density at radius 2 is 1.86 bits per heavy atom. The van der Waals surface area contributed by atoms with Crippen LogP contribution in [-0.2, 0) is 7.05 Å². The molecular weight excluding hydrogens is 210 g/mol. The third-order valence-corrected chi connectivity index (χ3v) is 1.62. The van der Waals surface area contributed by atoms with E-state index in [-0.39, 0.29) is 23.7 Å². The summed E-state index contributed by atoms with van der Waals surface area (Å²) >= 11 is 0. The molecule has 0 fully saturated rings. The van der Waals surface area contributed by atoms with Gasteiger partial charge < -0.3 is 22.6 Å². The van der Waals surface area contributed by atoms with Crippen LogP contribution in [0.25, 0.3) is 0 Å². The Hall–Kier alpha value is -1.62. The molecule has 0 aliphatic carbocycles. The largest absolute Gasteiger partial charge is 1.00 e. The summed E-state index contributed by atoms with van der Waals surface area (Å²) in [6, 6.07) is 2.46. The highest BCUT2D eigenvalue weighted by molar-refractivity contribution is 5.91. The van der Waals surface area contributed by atoms with Gasteiger partial charge in [-0.2, -0.15) is 4.57 Å². The molecule has 5 nitrogen and oxygen atoms in total. The fourth-order valence-electron chi connectivity index (χ4n) is 0.915. The monoisotopic (exact) mass is 217 g/mol. The first kappa shape index (κ1) is 12.4. The van der Waals surface area contributed by atoms with Crippen LogP contribution >= 0.6 is 0 Å². The van der Waals surface area contributed by atoms with Crippen LogP contribution in [0.3, 0.4) is 0 Å². The number of aromatic carboxylic acids is 2. The van der Waals surface area contributed by atoms with Crippen molar-refractivity contribution in [1.82, 2.24) is 0 Å². The van der Waals surface area contributed by atoms with E-state index in [1.165, 1.54) is 23.9 Å². The van der Waals surface area contributed by atoms with Gasteiger partial charge in [0, 0.05) is 12.1 Å². The van der Waals surface area contributed by atoms with Crippen LogP contribution < -0.4 is 17.0 Å². The van der Waals surface area contributed by atoms with E-state index in [2.05, 4.69) is 0 Å². The van der Waals surface area contributed by atoms with Gasteiger partial charge in [-0.1, -0.05) is 0 Å². The van der Waals surface area contributed by atoms with E-state index in [9.17, 15) is 9.59 Å². The quantitative estimate of drug-likeness (QED) is 0.515. The van der Waals surface area contributed by atoms with Crippen molar-refractivity contribution in [2.75, 3.05) is 0 Å². The first-order valence-corrected chi connectivity index (χ1v) is 3.48. The molecule has 0 bridgehead atoms. The molecule has 0 saturated heterocycles. The zero-order valence-corrected chi connectivity index (χ0v) is 8.02. The SMILES string of the molecule is C[n+]1ccc(C(=O)O)cc1C(=O)O.[Cl-]. The molecule has 6 heteroatoms. The number of nitrogens with zero attached hydrogens (tertiary/aromatic N) is 1. The van der Waals surface area contributed by atoms with Gasteiger partial charge in [-0.25, -0.2) is 9.59 Å². The lowest BCUT2D eigenvalue weighted by Gasteiger charge is -1.95. The van der Waals surface area contributed by atoms with Gasteiger partial charge in [0.2, 0.25) is 0 Å². The molecule has 0 saturated carbocycles. The van der Waals surface area contributed by atoms with Crippen LogP contribution in [0.5, 0.6) is 0 Å². The van der Waals surface area contributed by atoms with E-state index in [0.29, 0.717) is 0 Å². The molecule has 0 radical (unpaired) electrons. The van der Waals surface area contributed by atoms with Crippen molar-refractivity contribution in [3.8, 4) is 0 Å². The predicted molar refractivity (Wildman–Crippen MR) is 41.5 cm³/mol. The van der Waals surface area contributed by atoms with Crippen molar-refractivity contribution in [3.63, 3.8) is 0 Å². The maximum absolute atomic E-state index is 10.6. The minimum Gasteiger partial charge on any atom is -1.00 e. The van der Waals surface area contributed by atoms with Crippen LogP contribution in [0.15, 0.2) is 18.3 Å². The standard InChI is InChI=1S/C8H7NO4.ClH/c1-9-3-2-5(7(10)11)4-6(9)8(12)13;/h2-4H,1H3,(H-,10,11,12,13);1H. The van der Waals surface area contributed by atoms with Crippen molar-refractivity contribution in [1.29, 1.82) is 0 Å². The Kier molecular flexibility index (Phi) is 4.04. The minimum atomic E-state index is -1.15. The number of halogens is 1. The zero-order chi connectivity index (χ0) is 10.0. The van der Waals surface area contributed by atoms with Gasteiger partial charge in [0.05, 0.1) is 5.56 Å². The first-order chi connectivity index (χ1) is 6.02. The van der Waals surface area contributed by atoms with Crippen molar-refractivity contribution in [2.45, 2.75) is 0 Å².